The van der Waals surface area contributed by atoms with Crippen molar-refractivity contribution in [2.45, 2.75) is 76.7 Å². The number of ether oxygens (including phenoxy) is 2. The maximum Gasteiger partial charge on any atom is 0.109 e. The van der Waals surface area contributed by atoms with E-state index < -0.39 is 0 Å². The van der Waals surface area contributed by atoms with E-state index in [1.807, 2.05) is 0 Å². The molecule has 0 amide bonds. The summed E-state index contributed by atoms with van der Waals surface area (Å²) in [6.07, 6.45) is 10.4. The van der Waals surface area contributed by atoms with Gasteiger partial charge in [-0.2, -0.15) is 0 Å². The molecule has 0 saturated carbocycles. The first-order chi connectivity index (χ1) is 16.8. The molecular formula is C28H34N4O2. The molecule has 34 heavy (non-hydrogen) atoms. The van der Waals surface area contributed by atoms with Crippen LogP contribution >= 0.6 is 0 Å². The molecule has 2 aliphatic rings. The molecule has 2 aromatic carbocycles. The number of hydrogen-bond donors (Lipinski definition) is 0. The number of hydrogen-bond acceptors (Lipinski definition) is 4. The first-order valence-corrected chi connectivity index (χ1v) is 13.0. The highest BCUT2D eigenvalue weighted by molar-refractivity contribution is 5.76. The van der Waals surface area contributed by atoms with Gasteiger partial charge in [-0.05, 0) is 37.1 Å². The summed E-state index contributed by atoms with van der Waals surface area (Å²) in [5.74, 6) is 2.44. The van der Waals surface area contributed by atoms with Crippen molar-refractivity contribution in [3.63, 3.8) is 0 Å². The Hall–Kier alpha value is -2.70. The molecule has 2 atom stereocenters. The van der Waals surface area contributed by atoms with E-state index in [4.69, 9.17) is 19.4 Å². The van der Waals surface area contributed by atoms with E-state index in [1.54, 1.807) is 0 Å². The lowest BCUT2D eigenvalue weighted by atomic mass is 10.1. The van der Waals surface area contributed by atoms with Crippen molar-refractivity contribution in [2.24, 2.45) is 0 Å². The predicted molar refractivity (Wildman–Crippen MR) is 134 cm³/mol. The summed E-state index contributed by atoms with van der Waals surface area (Å²) in [7, 11) is 0. The van der Waals surface area contributed by atoms with Gasteiger partial charge in [-0.25, -0.2) is 9.97 Å². The van der Waals surface area contributed by atoms with Crippen molar-refractivity contribution < 1.29 is 9.47 Å². The van der Waals surface area contributed by atoms with E-state index in [0.29, 0.717) is 12.2 Å². The number of para-hydroxylation sites is 4. The second-order valence-corrected chi connectivity index (χ2v) is 9.79. The minimum absolute atomic E-state index is 0.376. The van der Waals surface area contributed by atoms with Crippen molar-refractivity contribution in [3.8, 4) is 0 Å². The number of fused-ring (bicyclic) bond motifs is 2. The maximum atomic E-state index is 5.48. The third-order valence-corrected chi connectivity index (χ3v) is 7.10. The average molecular weight is 459 g/mol. The molecule has 6 nitrogen and oxygen atoms in total. The van der Waals surface area contributed by atoms with Crippen LogP contribution in [0, 0.1) is 0 Å². The van der Waals surface area contributed by atoms with Crippen molar-refractivity contribution in [2.75, 3.05) is 13.2 Å². The predicted octanol–water partition coefficient (Wildman–Crippen LogP) is 5.31. The standard InChI is InChI=1S/C28H34N4O2/c1(3-5-15-27-29-23-11-7-9-13-25(23)31(27)17-21-19-33-21)2-4-6-16-28-30-24-12-8-10-14-26(24)32(28)18-22-20-34-22/h7-14,21-22H,1-6,15-20H2. The van der Waals surface area contributed by atoms with Gasteiger partial charge in [0.05, 0.1) is 60.6 Å². The maximum absolute atomic E-state index is 5.48. The minimum Gasteiger partial charge on any atom is -0.371 e. The molecule has 4 aromatic rings. The van der Waals surface area contributed by atoms with E-state index >= 15 is 0 Å². The molecule has 178 valence electrons. The second kappa shape index (κ2) is 9.88. The molecule has 0 N–H and O–H groups in total. The topological polar surface area (TPSA) is 60.7 Å². The van der Waals surface area contributed by atoms with Gasteiger partial charge in [0.2, 0.25) is 0 Å². The van der Waals surface area contributed by atoms with Gasteiger partial charge < -0.3 is 18.6 Å². The van der Waals surface area contributed by atoms with Crippen LogP contribution in [-0.4, -0.2) is 44.5 Å². The number of aryl methyl sites for hydroxylation is 2. The molecule has 2 unspecified atom stereocenters. The Morgan fingerprint density at radius 2 is 1.03 bits per heavy atom. The van der Waals surface area contributed by atoms with Crippen LogP contribution in [0.5, 0.6) is 0 Å². The van der Waals surface area contributed by atoms with Gasteiger partial charge in [0, 0.05) is 12.8 Å². The highest BCUT2D eigenvalue weighted by Crippen LogP contribution is 2.23. The van der Waals surface area contributed by atoms with Crippen LogP contribution in [0.15, 0.2) is 48.5 Å². The number of aromatic nitrogens is 4. The average Bonchev–Trinajstić information content (AvgIpc) is 3.78. The molecular weight excluding hydrogens is 424 g/mol. The quantitative estimate of drug-likeness (QED) is 0.201. The molecule has 0 radical (unpaired) electrons. The first kappa shape index (κ1) is 21.8. The zero-order chi connectivity index (χ0) is 22.7. The molecule has 2 aromatic heterocycles. The third kappa shape index (κ3) is 5.03. The van der Waals surface area contributed by atoms with Crippen molar-refractivity contribution >= 4 is 22.1 Å². The number of imidazole rings is 2. The van der Waals surface area contributed by atoms with Crippen LogP contribution in [0.4, 0.5) is 0 Å². The summed E-state index contributed by atoms with van der Waals surface area (Å²) in [4.78, 5) is 9.83. The highest BCUT2D eigenvalue weighted by Gasteiger charge is 2.26. The van der Waals surface area contributed by atoms with Gasteiger partial charge >= 0.3 is 0 Å². The van der Waals surface area contributed by atoms with Crippen LogP contribution in [0.3, 0.4) is 0 Å². The second-order valence-electron chi connectivity index (χ2n) is 9.79. The van der Waals surface area contributed by atoms with Crippen molar-refractivity contribution in [1.82, 2.24) is 19.1 Å². The van der Waals surface area contributed by atoms with Crippen molar-refractivity contribution in [1.29, 1.82) is 0 Å². The van der Waals surface area contributed by atoms with E-state index in [2.05, 4.69) is 57.7 Å². The lowest BCUT2D eigenvalue weighted by Gasteiger charge is -2.08. The molecule has 2 fully saturated rings. The van der Waals surface area contributed by atoms with Gasteiger partial charge in [0.25, 0.3) is 0 Å². The largest absolute Gasteiger partial charge is 0.371 e. The van der Waals surface area contributed by atoms with Gasteiger partial charge in [0.15, 0.2) is 0 Å². The van der Waals surface area contributed by atoms with Gasteiger partial charge in [-0.3, -0.25) is 0 Å². The minimum atomic E-state index is 0.376. The van der Waals surface area contributed by atoms with E-state index in [0.717, 1.165) is 50.2 Å². The first-order valence-electron chi connectivity index (χ1n) is 13.0. The molecule has 0 aliphatic carbocycles. The van der Waals surface area contributed by atoms with Gasteiger partial charge in [-0.1, -0.05) is 49.9 Å². The fourth-order valence-corrected chi connectivity index (χ4v) is 5.07. The Labute approximate surface area is 200 Å². The number of unbranched alkanes of at least 4 members (excludes halogenated alkanes) is 5. The smallest absolute Gasteiger partial charge is 0.109 e. The Morgan fingerprint density at radius 1 is 0.618 bits per heavy atom. The molecule has 0 bridgehead atoms. The molecule has 0 spiro atoms. The molecule has 6 heteroatoms. The number of rotatable bonds is 13. The fourth-order valence-electron chi connectivity index (χ4n) is 5.07. The fraction of sp³-hybridized carbons (Fsp3) is 0.500. The Bertz CT molecular complexity index is 1150. The molecule has 2 aliphatic heterocycles. The van der Waals surface area contributed by atoms with E-state index in [9.17, 15) is 0 Å². The zero-order valence-corrected chi connectivity index (χ0v) is 19.9. The number of epoxide rings is 2. The van der Waals surface area contributed by atoms with Crippen molar-refractivity contribution in [3.05, 3.63) is 60.2 Å². The highest BCUT2D eigenvalue weighted by atomic mass is 16.6. The van der Waals surface area contributed by atoms with Crippen LogP contribution in [0.25, 0.3) is 22.1 Å². The summed E-state index contributed by atoms with van der Waals surface area (Å²) in [6, 6.07) is 17.0. The third-order valence-electron chi connectivity index (χ3n) is 7.10. The van der Waals surface area contributed by atoms with Gasteiger partial charge in [0.1, 0.15) is 11.6 Å². The van der Waals surface area contributed by atoms with Crippen LogP contribution < -0.4 is 0 Å². The Morgan fingerprint density at radius 3 is 1.47 bits per heavy atom. The lowest BCUT2D eigenvalue weighted by Crippen LogP contribution is -2.08. The summed E-state index contributed by atoms with van der Waals surface area (Å²) in [6.45, 7) is 3.65. The number of nitrogens with zero attached hydrogens (tertiary/aromatic N) is 4. The Balaban J connectivity index is 0.953. The number of benzene rings is 2. The Kier molecular flexibility index (Phi) is 6.34. The van der Waals surface area contributed by atoms with Crippen LogP contribution in [0.2, 0.25) is 0 Å². The summed E-state index contributed by atoms with van der Waals surface area (Å²) >= 11 is 0. The SMILES string of the molecule is c1ccc2c(c1)nc(CCCCCCCCc1nc3ccccc3n1CC1CO1)n2CC1CO1. The monoisotopic (exact) mass is 458 g/mol. The van der Waals surface area contributed by atoms with E-state index in [-0.39, 0.29) is 0 Å². The summed E-state index contributed by atoms with van der Waals surface area (Å²) in [5.41, 5.74) is 4.70. The summed E-state index contributed by atoms with van der Waals surface area (Å²) in [5, 5.41) is 0. The lowest BCUT2D eigenvalue weighted by molar-refractivity contribution is 0.381. The van der Waals surface area contributed by atoms with Gasteiger partial charge in [-0.15, -0.1) is 0 Å². The summed E-state index contributed by atoms with van der Waals surface area (Å²) < 4.78 is 15.7. The van der Waals surface area contributed by atoms with Crippen LogP contribution in [-0.2, 0) is 35.4 Å². The molecule has 4 heterocycles. The molecule has 2 saturated heterocycles. The normalized spacial score (nSPS) is 19.3. The zero-order valence-electron chi connectivity index (χ0n) is 19.9. The van der Waals surface area contributed by atoms with E-state index in [1.165, 1.54) is 61.2 Å². The molecule has 6 rings (SSSR count). The van der Waals surface area contributed by atoms with Crippen LogP contribution in [0.1, 0.15) is 50.2 Å².